The maximum absolute atomic E-state index is 11.9. The Morgan fingerprint density at radius 3 is 2.48 bits per heavy atom. The highest BCUT2D eigenvalue weighted by molar-refractivity contribution is 6.35. The summed E-state index contributed by atoms with van der Waals surface area (Å²) in [5.74, 6) is -0.0554. The number of carboxylic acid groups (broad SMARTS) is 1. The third kappa shape index (κ3) is 5.04. The lowest BCUT2D eigenvalue weighted by Gasteiger charge is -2.32. The molecule has 0 saturated carbocycles. The second-order valence-corrected chi connectivity index (χ2v) is 8.49. The third-order valence-electron chi connectivity index (χ3n) is 5.61. The molecular formula is C25H23Cl2NO3. The van der Waals surface area contributed by atoms with Crippen molar-refractivity contribution in [3.63, 3.8) is 0 Å². The van der Waals surface area contributed by atoms with E-state index in [9.17, 15) is 9.90 Å². The first-order valence-corrected chi connectivity index (χ1v) is 11.0. The summed E-state index contributed by atoms with van der Waals surface area (Å²) < 4.78 is 5.91. The van der Waals surface area contributed by atoms with Crippen LogP contribution in [0.1, 0.15) is 35.6 Å². The van der Waals surface area contributed by atoms with Crippen LogP contribution in [0.5, 0.6) is 5.75 Å². The molecule has 3 aromatic carbocycles. The molecule has 0 aromatic heterocycles. The molecule has 1 aliphatic heterocycles. The average Bonchev–Trinajstić information content (AvgIpc) is 3.25. The number of rotatable bonds is 7. The van der Waals surface area contributed by atoms with Crippen molar-refractivity contribution in [1.29, 1.82) is 0 Å². The number of carbonyl (C=O) groups is 1. The molecule has 6 heteroatoms. The van der Waals surface area contributed by atoms with Gasteiger partial charge in [-0.25, -0.2) is 0 Å². The van der Waals surface area contributed by atoms with E-state index in [0.29, 0.717) is 29.6 Å². The van der Waals surface area contributed by atoms with Gasteiger partial charge < -0.3 is 9.84 Å². The van der Waals surface area contributed by atoms with Crippen molar-refractivity contribution in [3.8, 4) is 5.75 Å². The molecule has 2 unspecified atom stereocenters. The van der Waals surface area contributed by atoms with Crippen LogP contribution < -0.4 is 4.74 Å². The molecule has 1 heterocycles. The second kappa shape index (κ2) is 9.73. The Hall–Kier alpha value is -2.53. The Labute approximate surface area is 192 Å². The Morgan fingerprint density at radius 2 is 1.81 bits per heavy atom. The molecule has 1 N–H and O–H groups in total. The minimum absolute atomic E-state index is 0.281. The van der Waals surface area contributed by atoms with Crippen molar-refractivity contribution in [1.82, 2.24) is 4.90 Å². The van der Waals surface area contributed by atoms with Gasteiger partial charge in [-0.15, -0.1) is 0 Å². The zero-order chi connectivity index (χ0) is 21.8. The van der Waals surface area contributed by atoms with Gasteiger partial charge in [0.25, 0.3) is 0 Å². The Bertz CT molecular complexity index is 1040. The number of ether oxygens (including phenoxy) is 1. The summed E-state index contributed by atoms with van der Waals surface area (Å²) >= 11 is 12.6. The van der Waals surface area contributed by atoms with Crippen molar-refractivity contribution < 1.29 is 14.6 Å². The number of hydrogen-bond acceptors (Lipinski definition) is 3. The zero-order valence-electron chi connectivity index (χ0n) is 16.9. The van der Waals surface area contributed by atoms with Gasteiger partial charge in [-0.2, -0.15) is 0 Å². The SMILES string of the molecule is O=C(O)C1CCCN1C(c1ccc(OCc2ccccc2)cc1)c1ccc(Cl)cc1Cl. The molecule has 0 bridgehead atoms. The fraction of sp³-hybridized carbons (Fsp3) is 0.240. The van der Waals surface area contributed by atoms with E-state index in [0.717, 1.165) is 28.9 Å². The van der Waals surface area contributed by atoms with E-state index in [4.69, 9.17) is 27.9 Å². The number of carboxylic acids is 1. The van der Waals surface area contributed by atoms with E-state index in [-0.39, 0.29) is 6.04 Å². The second-order valence-electron chi connectivity index (χ2n) is 7.65. The molecule has 0 radical (unpaired) electrons. The first kappa shape index (κ1) is 21.7. The van der Waals surface area contributed by atoms with Crippen LogP contribution in [0, 0.1) is 0 Å². The summed E-state index contributed by atoms with van der Waals surface area (Å²) in [6, 6.07) is 22.3. The lowest BCUT2D eigenvalue weighted by Crippen LogP contribution is -2.39. The first-order chi connectivity index (χ1) is 15.0. The van der Waals surface area contributed by atoms with E-state index in [2.05, 4.69) is 0 Å². The maximum atomic E-state index is 11.9. The molecule has 4 nitrogen and oxygen atoms in total. The summed E-state index contributed by atoms with van der Waals surface area (Å²) in [7, 11) is 0. The normalized spacial score (nSPS) is 17.4. The summed E-state index contributed by atoms with van der Waals surface area (Å²) in [5.41, 5.74) is 2.90. The zero-order valence-corrected chi connectivity index (χ0v) is 18.4. The largest absolute Gasteiger partial charge is 0.489 e. The summed E-state index contributed by atoms with van der Waals surface area (Å²) in [4.78, 5) is 13.9. The molecule has 160 valence electrons. The predicted molar refractivity (Wildman–Crippen MR) is 123 cm³/mol. The molecule has 1 aliphatic rings. The minimum atomic E-state index is -0.810. The van der Waals surface area contributed by atoms with Crippen LogP contribution in [0.25, 0.3) is 0 Å². The van der Waals surface area contributed by atoms with Crippen LogP contribution in [0.15, 0.2) is 72.8 Å². The lowest BCUT2D eigenvalue weighted by molar-refractivity contribution is -0.142. The van der Waals surface area contributed by atoms with Crippen molar-refractivity contribution in [2.45, 2.75) is 31.5 Å². The van der Waals surface area contributed by atoms with Crippen LogP contribution in [0.3, 0.4) is 0 Å². The monoisotopic (exact) mass is 455 g/mol. The Balaban J connectivity index is 1.62. The first-order valence-electron chi connectivity index (χ1n) is 10.2. The van der Waals surface area contributed by atoms with E-state index in [1.54, 1.807) is 12.1 Å². The number of aliphatic carboxylic acids is 1. The van der Waals surface area contributed by atoms with Crippen molar-refractivity contribution in [3.05, 3.63) is 99.5 Å². The third-order valence-corrected chi connectivity index (χ3v) is 6.17. The highest BCUT2D eigenvalue weighted by Gasteiger charge is 2.37. The van der Waals surface area contributed by atoms with Crippen molar-refractivity contribution in [2.75, 3.05) is 6.54 Å². The summed E-state index contributed by atoms with van der Waals surface area (Å²) in [6.45, 7) is 1.17. The molecule has 2 atom stereocenters. The van der Waals surface area contributed by atoms with E-state index >= 15 is 0 Å². The standard InChI is InChI=1S/C25H23Cl2NO3/c26-19-10-13-21(22(27)15-19)24(28-14-4-7-23(28)25(29)30)18-8-11-20(12-9-18)31-16-17-5-2-1-3-6-17/h1-3,5-6,8-13,15,23-24H,4,7,14,16H2,(H,29,30). The summed E-state index contributed by atoms with van der Waals surface area (Å²) in [5, 5.41) is 10.8. The number of hydrogen-bond donors (Lipinski definition) is 1. The molecule has 3 aromatic rings. The highest BCUT2D eigenvalue weighted by atomic mass is 35.5. The summed E-state index contributed by atoms with van der Waals surface area (Å²) in [6.07, 6.45) is 1.45. The number of benzene rings is 3. The van der Waals surface area contributed by atoms with Gasteiger partial charge in [0, 0.05) is 16.6 Å². The fourth-order valence-electron chi connectivity index (χ4n) is 4.12. The predicted octanol–water partition coefficient (Wildman–Crippen LogP) is 6.21. The minimum Gasteiger partial charge on any atom is -0.489 e. The molecule has 0 amide bonds. The van der Waals surface area contributed by atoms with Gasteiger partial charge in [-0.1, -0.05) is 71.7 Å². The van der Waals surface area contributed by atoms with Crippen LogP contribution in [-0.2, 0) is 11.4 Å². The highest BCUT2D eigenvalue weighted by Crippen LogP contribution is 2.39. The van der Waals surface area contributed by atoms with Crippen LogP contribution >= 0.6 is 23.2 Å². The van der Waals surface area contributed by atoms with Gasteiger partial charge in [-0.05, 0) is 53.8 Å². The molecular weight excluding hydrogens is 433 g/mol. The van der Waals surface area contributed by atoms with Gasteiger partial charge in [0.15, 0.2) is 0 Å². The van der Waals surface area contributed by atoms with E-state index < -0.39 is 12.0 Å². The van der Waals surface area contributed by atoms with Gasteiger partial charge >= 0.3 is 5.97 Å². The average molecular weight is 456 g/mol. The van der Waals surface area contributed by atoms with E-state index in [1.165, 1.54) is 0 Å². The van der Waals surface area contributed by atoms with Gasteiger partial charge in [-0.3, -0.25) is 9.69 Å². The number of halogens is 2. The fourth-order valence-corrected chi connectivity index (χ4v) is 4.64. The number of likely N-dealkylation sites (tertiary alicyclic amines) is 1. The lowest BCUT2D eigenvalue weighted by atomic mass is 9.96. The van der Waals surface area contributed by atoms with Crippen LogP contribution in [-0.4, -0.2) is 28.6 Å². The molecule has 31 heavy (non-hydrogen) atoms. The van der Waals surface area contributed by atoms with Crippen LogP contribution in [0.2, 0.25) is 10.0 Å². The Kier molecular flexibility index (Phi) is 6.81. The molecule has 1 fully saturated rings. The van der Waals surface area contributed by atoms with Crippen molar-refractivity contribution >= 4 is 29.2 Å². The van der Waals surface area contributed by atoms with E-state index in [1.807, 2.05) is 65.6 Å². The van der Waals surface area contributed by atoms with Crippen LogP contribution in [0.4, 0.5) is 0 Å². The molecule has 4 rings (SSSR count). The molecule has 0 spiro atoms. The topological polar surface area (TPSA) is 49.8 Å². The van der Waals surface area contributed by atoms with Gasteiger partial charge in [0.05, 0.1) is 6.04 Å². The van der Waals surface area contributed by atoms with Gasteiger partial charge in [0.2, 0.25) is 0 Å². The number of nitrogens with zero attached hydrogens (tertiary/aromatic N) is 1. The molecule has 0 aliphatic carbocycles. The Morgan fingerprint density at radius 1 is 1.06 bits per heavy atom. The molecule has 1 saturated heterocycles. The van der Waals surface area contributed by atoms with Crippen molar-refractivity contribution in [2.24, 2.45) is 0 Å². The van der Waals surface area contributed by atoms with Gasteiger partial charge in [0.1, 0.15) is 18.4 Å². The smallest absolute Gasteiger partial charge is 0.320 e. The quantitative estimate of drug-likeness (QED) is 0.459. The maximum Gasteiger partial charge on any atom is 0.320 e.